The summed E-state index contributed by atoms with van der Waals surface area (Å²) in [6.45, 7) is 0. The molecule has 0 fully saturated rings. The lowest BCUT2D eigenvalue weighted by molar-refractivity contribution is 0.762. The Morgan fingerprint density at radius 1 is 0.300 bits per heavy atom. The molecule has 0 N–H and O–H groups in total. The smallest absolute Gasteiger partial charge is 0.0347 e. The van der Waals surface area contributed by atoms with E-state index < -0.39 is 0 Å². The lowest BCUT2D eigenvalue weighted by Crippen LogP contribution is -1.71. The Kier molecular flexibility index (Phi) is 10.7. The first kappa shape index (κ1) is 16.0. The molecule has 0 saturated carbocycles. The molecule has 0 atom stereocenters. The third kappa shape index (κ3) is 11.0. The van der Waals surface area contributed by atoms with Crippen LogP contribution in [0.2, 0.25) is 0 Å². The molecule has 0 saturated heterocycles. The van der Waals surface area contributed by atoms with Gasteiger partial charge in [0.1, 0.15) is 0 Å². The lowest BCUT2D eigenvalue weighted by atomic mass is 10.2. The minimum Gasteiger partial charge on any atom is -0.0845 e. The van der Waals surface area contributed by atoms with Crippen LogP contribution in [0, 0.1) is 0 Å². The van der Waals surface area contributed by atoms with E-state index in [0.29, 0.717) is 0 Å². The number of allylic oxidation sites excluding steroid dienone is 16. The van der Waals surface area contributed by atoms with Crippen molar-refractivity contribution >= 4 is 0 Å². The average Bonchev–Trinajstić information content (AvgIpc) is 2.46. The van der Waals surface area contributed by atoms with Crippen molar-refractivity contribution in [3.8, 4) is 0 Å². The quantitative estimate of drug-likeness (QED) is 0.502. The minimum atomic E-state index is 1.16. The molecule has 20 heavy (non-hydrogen) atoms. The first-order valence-corrected chi connectivity index (χ1v) is 7.32. The fourth-order valence-corrected chi connectivity index (χ4v) is 1.64. The molecule has 1 rings (SSSR count). The molecular weight excluding hydrogens is 240 g/mol. The highest BCUT2D eigenvalue weighted by atomic mass is 13.9. The van der Waals surface area contributed by atoms with E-state index >= 15 is 0 Å². The van der Waals surface area contributed by atoms with Gasteiger partial charge in [-0.3, -0.25) is 0 Å². The Bertz CT molecular complexity index is 404. The molecular formula is C20H24. The number of hydrogen-bond acceptors (Lipinski definition) is 0. The highest BCUT2D eigenvalue weighted by Crippen LogP contribution is 2.02. The molecule has 1 aliphatic carbocycles. The van der Waals surface area contributed by atoms with Crippen LogP contribution >= 0.6 is 0 Å². The molecule has 0 aromatic heterocycles. The molecule has 104 valence electrons. The molecule has 0 spiro atoms. The minimum absolute atomic E-state index is 1.16. The van der Waals surface area contributed by atoms with Crippen molar-refractivity contribution in [2.75, 3.05) is 0 Å². The van der Waals surface area contributed by atoms with Crippen molar-refractivity contribution in [1.82, 2.24) is 0 Å². The Hall–Kier alpha value is -2.08. The maximum atomic E-state index is 2.23. The van der Waals surface area contributed by atoms with Gasteiger partial charge in [-0.15, -0.1) is 0 Å². The van der Waals surface area contributed by atoms with Gasteiger partial charge in [-0.05, 0) is 25.7 Å². The van der Waals surface area contributed by atoms with Gasteiger partial charge >= 0.3 is 0 Å². The fraction of sp³-hybridized carbons (Fsp3) is 0.200. The van der Waals surface area contributed by atoms with E-state index in [1.165, 1.54) is 12.8 Å². The predicted molar refractivity (Wildman–Crippen MR) is 91.6 cm³/mol. The third-order valence-electron chi connectivity index (χ3n) is 2.71. The van der Waals surface area contributed by atoms with Crippen molar-refractivity contribution < 1.29 is 0 Å². The van der Waals surface area contributed by atoms with Gasteiger partial charge in [-0.25, -0.2) is 0 Å². The summed E-state index contributed by atoms with van der Waals surface area (Å²) in [5.74, 6) is 0. The molecule has 0 bridgehead atoms. The van der Waals surface area contributed by atoms with Crippen molar-refractivity contribution in [2.24, 2.45) is 0 Å². The largest absolute Gasteiger partial charge is 0.0845 e. The van der Waals surface area contributed by atoms with Gasteiger partial charge in [-0.1, -0.05) is 97.2 Å². The molecule has 0 aromatic carbocycles. The summed E-state index contributed by atoms with van der Waals surface area (Å²) in [6, 6.07) is 0. The summed E-state index contributed by atoms with van der Waals surface area (Å²) in [5, 5.41) is 0. The highest BCUT2D eigenvalue weighted by molar-refractivity contribution is 5.21. The van der Waals surface area contributed by atoms with Gasteiger partial charge in [-0.2, -0.15) is 0 Å². The van der Waals surface area contributed by atoms with Crippen LogP contribution in [0.25, 0.3) is 0 Å². The van der Waals surface area contributed by atoms with E-state index in [4.69, 9.17) is 0 Å². The summed E-state index contributed by atoms with van der Waals surface area (Å²) in [4.78, 5) is 0. The normalized spacial score (nSPS) is 28.8. The van der Waals surface area contributed by atoms with Crippen molar-refractivity contribution in [2.45, 2.75) is 25.7 Å². The molecule has 0 aliphatic heterocycles. The van der Waals surface area contributed by atoms with E-state index in [1.54, 1.807) is 0 Å². The van der Waals surface area contributed by atoms with Crippen molar-refractivity contribution in [3.05, 3.63) is 97.2 Å². The standard InChI is InChI=1S/C20H24/c1-2-4-6-8-10-12-14-16-18-20-19-17-15-13-11-9-7-5-3-1/h1-16H,17-20H2/b3-1+,4-2+,7-5-,8-6+,11-9+,12-10-,15-13+,16-14?. The molecule has 1 aliphatic rings. The van der Waals surface area contributed by atoms with Crippen LogP contribution in [0.1, 0.15) is 25.7 Å². The Morgan fingerprint density at radius 3 is 0.850 bits per heavy atom. The Morgan fingerprint density at radius 2 is 0.550 bits per heavy atom. The van der Waals surface area contributed by atoms with Crippen LogP contribution in [0.3, 0.4) is 0 Å². The highest BCUT2D eigenvalue weighted by Gasteiger charge is 1.82. The SMILES string of the molecule is C1=CCCCC/C=C/C=C/C=C\C=C\C=C\C=C\C=C/1. The number of rotatable bonds is 0. The number of hydrogen-bond donors (Lipinski definition) is 0. The Balaban J connectivity index is 2.52. The molecule has 0 heterocycles. The van der Waals surface area contributed by atoms with Crippen LogP contribution in [-0.2, 0) is 0 Å². The zero-order valence-electron chi connectivity index (χ0n) is 12.1. The Labute approximate surface area is 123 Å². The average molecular weight is 264 g/mol. The zero-order chi connectivity index (χ0) is 14.1. The van der Waals surface area contributed by atoms with E-state index in [0.717, 1.165) is 12.8 Å². The van der Waals surface area contributed by atoms with E-state index in [2.05, 4.69) is 48.6 Å². The lowest BCUT2D eigenvalue weighted by Gasteiger charge is -1.91. The first-order valence-electron chi connectivity index (χ1n) is 7.32. The molecule has 0 amide bonds. The fourth-order valence-electron chi connectivity index (χ4n) is 1.64. The molecule has 0 nitrogen and oxygen atoms in total. The second-order valence-corrected chi connectivity index (χ2v) is 4.45. The molecule has 0 unspecified atom stereocenters. The van der Waals surface area contributed by atoms with Crippen LogP contribution < -0.4 is 0 Å². The van der Waals surface area contributed by atoms with E-state index in [-0.39, 0.29) is 0 Å². The van der Waals surface area contributed by atoms with Crippen molar-refractivity contribution in [3.63, 3.8) is 0 Å². The van der Waals surface area contributed by atoms with Gasteiger partial charge in [0.05, 0.1) is 0 Å². The summed E-state index contributed by atoms with van der Waals surface area (Å²) in [7, 11) is 0. The van der Waals surface area contributed by atoms with E-state index in [1.807, 2.05) is 48.6 Å². The van der Waals surface area contributed by atoms with Gasteiger partial charge in [0.15, 0.2) is 0 Å². The van der Waals surface area contributed by atoms with Gasteiger partial charge < -0.3 is 0 Å². The van der Waals surface area contributed by atoms with E-state index in [9.17, 15) is 0 Å². The summed E-state index contributed by atoms with van der Waals surface area (Å²) < 4.78 is 0. The second kappa shape index (κ2) is 13.4. The van der Waals surface area contributed by atoms with Gasteiger partial charge in [0.2, 0.25) is 0 Å². The summed E-state index contributed by atoms with van der Waals surface area (Å²) in [5.41, 5.74) is 0. The monoisotopic (exact) mass is 264 g/mol. The molecule has 0 radical (unpaired) electrons. The third-order valence-corrected chi connectivity index (χ3v) is 2.71. The first-order chi connectivity index (χ1) is 10.0. The molecule has 0 aromatic rings. The molecule has 0 heteroatoms. The van der Waals surface area contributed by atoms with Gasteiger partial charge in [0.25, 0.3) is 0 Å². The van der Waals surface area contributed by atoms with Crippen LogP contribution in [0.15, 0.2) is 97.2 Å². The summed E-state index contributed by atoms with van der Waals surface area (Å²) in [6.07, 6.45) is 38.0. The van der Waals surface area contributed by atoms with Crippen LogP contribution in [0.4, 0.5) is 0 Å². The van der Waals surface area contributed by atoms with Gasteiger partial charge in [0, 0.05) is 0 Å². The van der Waals surface area contributed by atoms with Crippen LogP contribution in [0.5, 0.6) is 0 Å². The second-order valence-electron chi connectivity index (χ2n) is 4.45. The maximum absolute atomic E-state index is 2.23. The predicted octanol–water partition coefficient (Wildman–Crippen LogP) is 6.01. The topological polar surface area (TPSA) is 0 Å². The van der Waals surface area contributed by atoms with Crippen LogP contribution in [-0.4, -0.2) is 0 Å². The van der Waals surface area contributed by atoms with Crippen molar-refractivity contribution in [1.29, 1.82) is 0 Å². The summed E-state index contributed by atoms with van der Waals surface area (Å²) >= 11 is 0. The zero-order valence-corrected chi connectivity index (χ0v) is 12.1. The maximum Gasteiger partial charge on any atom is -0.0347 e.